The molecule has 10 heteroatoms. The van der Waals surface area contributed by atoms with E-state index in [1.165, 1.54) is 49.3 Å². The number of methoxy groups -OCH3 is 2. The molecule has 2 N–H and O–H groups in total. The molecule has 0 aliphatic heterocycles. The van der Waals surface area contributed by atoms with Gasteiger partial charge in [-0.25, -0.2) is 9.78 Å². The van der Waals surface area contributed by atoms with E-state index in [0.717, 1.165) is 30.4 Å². The number of nitrogens with zero attached hydrogens (tertiary/aromatic N) is 1. The van der Waals surface area contributed by atoms with Crippen molar-refractivity contribution in [2.75, 3.05) is 19.5 Å². The summed E-state index contributed by atoms with van der Waals surface area (Å²) in [6.45, 7) is 3.62. The number of anilines is 1. The Morgan fingerprint density at radius 1 is 1.15 bits per heavy atom. The molecule has 1 amide bonds. The third-order valence-electron chi connectivity index (χ3n) is 6.24. The average Bonchev–Trinajstić information content (AvgIpc) is 3.38. The SMILES string of the molecule is CCCCCCC(OC)c1cccc(-c2csc(NC(=O)c3cc(Cl)c(C=C(C)C(=O)O)c(Cl)c3)n2)c1OC. The molecule has 0 spiro atoms. The van der Waals surface area contributed by atoms with Crippen LogP contribution in [0.1, 0.15) is 73.5 Å². The lowest BCUT2D eigenvalue weighted by Crippen LogP contribution is -2.12. The van der Waals surface area contributed by atoms with Crippen LogP contribution in [-0.2, 0) is 9.53 Å². The van der Waals surface area contributed by atoms with E-state index in [0.29, 0.717) is 22.1 Å². The number of carboxylic acids is 1. The van der Waals surface area contributed by atoms with E-state index in [-0.39, 0.29) is 27.3 Å². The number of carbonyl (C=O) groups is 2. The summed E-state index contributed by atoms with van der Waals surface area (Å²) in [6, 6.07) is 8.77. The molecule has 1 unspecified atom stereocenters. The number of carbonyl (C=O) groups excluding carboxylic acids is 1. The standard InChI is InChI=1S/C29H32Cl2N2O5S/c1-5-6-7-8-12-25(37-3)20-11-9-10-19(26(20)38-4)24-16-39-29(32-24)33-27(34)18-14-22(30)21(23(31)15-18)13-17(2)28(35)36/h9-11,13-16,25H,5-8,12H2,1-4H3,(H,35,36)(H,32,33,34). The fourth-order valence-corrected chi connectivity index (χ4v) is 5.45. The van der Waals surface area contributed by atoms with Gasteiger partial charge in [0.05, 0.1) is 29.0 Å². The van der Waals surface area contributed by atoms with Crippen LogP contribution in [0.25, 0.3) is 17.3 Å². The molecule has 39 heavy (non-hydrogen) atoms. The molecule has 1 heterocycles. The molecule has 0 bridgehead atoms. The average molecular weight is 592 g/mol. The number of carboxylic acid groups (broad SMARTS) is 1. The zero-order valence-corrected chi connectivity index (χ0v) is 24.7. The number of para-hydroxylation sites is 1. The first-order chi connectivity index (χ1) is 18.7. The summed E-state index contributed by atoms with van der Waals surface area (Å²) in [4.78, 5) is 28.7. The van der Waals surface area contributed by atoms with Gasteiger partial charge in [-0.15, -0.1) is 11.3 Å². The molecule has 1 aromatic heterocycles. The number of ether oxygens (including phenoxy) is 2. The number of nitrogens with one attached hydrogen (secondary N) is 1. The lowest BCUT2D eigenvalue weighted by Gasteiger charge is -2.20. The van der Waals surface area contributed by atoms with Crippen molar-refractivity contribution >= 4 is 57.6 Å². The van der Waals surface area contributed by atoms with Crippen molar-refractivity contribution in [2.24, 2.45) is 0 Å². The van der Waals surface area contributed by atoms with Gasteiger partial charge in [-0.3, -0.25) is 10.1 Å². The Bertz CT molecular complexity index is 1330. The van der Waals surface area contributed by atoms with Gasteiger partial charge in [-0.1, -0.05) is 67.9 Å². The molecule has 0 fully saturated rings. The van der Waals surface area contributed by atoms with E-state index in [4.69, 9.17) is 37.8 Å². The molecular formula is C29H32Cl2N2O5S. The molecule has 208 valence electrons. The first-order valence-corrected chi connectivity index (χ1v) is 14.2. The maximum atomic E-state index is 12.9. The first-order valence-electron chi connectivity index (χ1n) is 12.6. The molecule has 3 rings (SSSR count). The third-order valence-corrected chi connectivity index (χ3v) is 7.62. The maximum absolute atomic E-state index is 12.9. The highest BCUT2D eigenvalue weighted by Gasteiger charge is 2.21. The van der Waals surface area contributed by atoms with Gasteiger partial charge in [-0.2, -0.15) is 0 Å². The van der Waals surface area contributed by atoms with E-state index in [1.54, 1.807) is 14.2 Å². The Balaban J connectivity index is 1.82. The third kappa shape index (κ3) is 7.82. The van der Waals surface area contributed by atoms with E-state index < -0.39 is 11.9 Å². The number of hydrogen-bond acceptors (Lipinski definition) is 6. The normalized spacial score (nSPS) is 12.3. The Kier molecular flexibility index (Phi) is 11.4. The number of halogens is 2. The highest BCUT2D eigenvalue weighted by atomic mass is 35.5. The Morgan fingerprint density at radius 2 is 1.87 bits per heavy atom. The molecule has 0 saturated heterocycles. The summed E-state index contributed by atoms with van der Waals surface area (Å²) in [5.41, 5.74) is 3.05. The van der Waals surface area contributed by atoms with Crippen LogP contribution in [0.5, 0.6) is 5.75 Å². The van der Waals surface area contributed by atoms with Gasteiger partial charge in [0.2, 0.25) is 0 Å². The van der Waals surface area contributed by atoms with Gasteiger partial charge in [0.15, 0.2) is 5.13 Å². The lowest BCUT2D eigenvalue weighted by atomic mass is 9.98. The number of rotatable bonds is 13. The summed E-state index contributed by atoms with van der Waals surface area (Å²) in [5, 5.41) is 14.5. The number of thiazole rings is 1. The van der Waals surface area contributed by atoms with Gasteiger partial charge >= 0.3 is 5.97 Å². The molecule has 1 atom stereocenters. The molecule has 0 saturated carbocycles. The second-order valence-electron chi connectivity index (χ2n) is 8.98. The second-order valence-corrected chi connectivity index (χ2v) is 10.7. The van der Waals surface area contributed by atoms with Crippen molar-refractivity contribution in [2.45, 2.75) is 52.1 Å². The Hall–Kier alpha value is -2.91. The molecule has 3 aromatic rings. The van der Waals surface area contributed by atoms with E-state index >= 15 is 0 Å². The van der Waals surface area contributed by atoms with Crippen LogP contribution in [-0.4, -0.2) is 36.2 Å². The van der Waals surface area contributed by atoms with E-state index in [1.807, 2.05) is 23.6 Å². The van der Waals surface area contributed by atoms with Crippen LogP contribution >= 0.6 is 34.5 Å². The lowest BCUT2D eigenvalue weighted by molar-refractivity contribution is -0.132. The van der Waals surface area contributed by atoms with Gasteiger partial charge in [0.25, 0.3) is 5.91 Å². The van der Waals surface area contributed by atoms with Gasteiger partial charge in [0, 0.05) is 40.3 Å². The van der Waals surface area contributed by atoms with Crippen LogP contribution in [0, 0.1) is 0 Å². The smallest absolute Gasteiger partial charge is 0.331 e. The first kappa shape index (κ1) is 30.6. The predicted molar refractivity (Wildman–Crippen MR) is 158 cm³/mol. The second kappa shape index (κ2) is 14.5. The number of amides is 1. The van der Waals surface area contributed by atoms with Gasteiger partial charge < -0.3 is 14.6 Å². The van der Waals surface area contributed by atoms with E-state index in [9.17, 15) is 9.59 Å². The van der Waals surface area contributed by atoms with E-state index in [2.05, 4.69) is 17.2 Å². The molecule has 0 radical (unpaired) electrons. The zero-order chi connectivity index (χ0) is 28.5. The minimum atomic E-state index is -1.09. The number of aliphatic carboxylic acids is 1. The van der Waals surface area contributed by atoms with Crippen LogP contribution in [0.2, 0.25) is 10.0 Å². The minimum Gasteiger partial charge on any atom is -0.496 e. The summed E-state index contributed by atoms with van der Waals surface area (Å²) in [7, 11) is 3.34. The number of aromatic nitrogens is 1. The number of unbranched alkanes of at least 4 members (excludes halogenated alkanes) is 3. The number of hydrogen-bond donors (Lipinski definition) is 2. The van der Waals surface area contributed by atoms with Crippen LogP contribution in [0.15, 0.2) is 41.3 Å². The minimum absolute atomic E-state index is 0.0686. The van der Waals surface area contributed by atoms with Crippen molar-refractivity contribution in [3.63, 3.8) is 0 Å². The van der Waals surface area contributed by atoms with Crippen molar-refractivity contribution in [3.8, 4) is 17.0 Å². The summed E-state index contributed by atoms with van der Waals surface area (Å²) in [6.07, 6.45) is 6.76. The zero-order valence-electron chi connectivity index (χ0n) is 22.3. The van der Waals surface area contributed by atoms with Crippen LogP contribution in [0.3, 0.4) is 0 Å². The molecule has 0 aliphatic rings. The van der Waals surface area contributed by atoms with Gasteiger partial charge in [0.1, 0.15) is 5.75 Å². The molecular weight excluding hydrogens is 559 g/mol. The largest absolute Gasteiger partial charge is 0.496 e. The highest BCUT2D eigenvalue weighted by Crippen LogP contribution is 2.40. The van der Waals surface area contributed by atoms with Crippen molar-refractivity contribution in [1.82, 2.24) is 4.98 Å². The predicted octanol–water partition coefficient (Wildman–Crippen LogP) is 8.52. The van der Waals surface area contributed by atoms with Gasteiger partial charge in [-0.05, 0) is 37.6 Å². The van der Waals surface area contributed by atoms with Crippen molar-refractivity contribution < 1.29 is 24.2 Å². The molecule has 0 aliphatic carbocycles. The fraction of sp³-hybridized carbons (Fsp3) is 0.345. The summed E-state index contributed by atoms with van der Waals surface area (Å²) < 4.78 is 11.6. The summed E-state index contributed by atoms with van der Waals surface area (Å²) in [5.74, 6) is -0.838. The summed E-state index contributed by atoms with van der Waals surface area (Å²) >= 11 is 13.9. The fourth-order valence-electron chi connectivity index (χ4n) is 4.15. The highest BCUT2D eigenvalue weighted by molar-refractivity contribution is 7.14. The topological polar surface area (TPSA) is 97.8 Å². The molecule has 2 aromatic carbocycles. The van der Waals surface area contributed by atoms with Crippen LogP contribution < -0.4 is 10.1 Å². The monoisotopic (exact) mass is 590 g/mol. The quantitative estimate of drug-likeness (QED) is 0.153. The Morgan fingerprint density at radius 3 is 2.49 bits per heavy atom. The maximum Gasteiger partial charge on any atom is 0.331 e. The number of benzene rings is 2. The Labute approximate surface area is 242 Å². The van der Waals surface area contributed by atoms with Crippen LogP contribution in [0.4, 0.5) is 5.13 Å². The molecule has 7 nitrogen and oxygen atoms in total. The van der Waals surface area contributed by atoms with Crippen molar-refractivity contribution in [1.29, 1.82) is 0 Å². The van der Waals surface area contributed by atoms with Crippen molar-refractivity contribution in [3.05, 3.63) is 68.0 Å².